The highest BCUT2D eigenvalue weighted by Crippen LogP contribution is 2.52. The van der Waals surface area contributed by atoms with Crippen molar-refractivity contribution in [3.63, 3.8) is 0 Å². The second kappa shape index (κ2) is 11.9. The number of aromatic hydroxyl groups is 1. The lowest BCUT2D eigenvalue weighted by Gasteiger charge is -2.39. The van der Waals surface area contributed by atoms with E-state index in [1.165, 1.54) is 34.2 Å². The number of benzene rings is 3. The number of aromatic nitrogens is 5. The summed E-state index contributed by atoms with van der Waals surface area (Å²) in [6.45, 7) is -0.123. The predicted octanol–water partition coefficient (Wildman–Crippen LogP) is 3.57. The molecule has 2 aromatic heterocycles. The van der Waals surface area contributed by atoms with Gasteiger partial charge in [-0.3, -0.25) is 14.4 Å². The molecule has 0 spiro atoms. The lowest BCUT2D eigenvalue weighted by molar-refractivity contribution is -0.115. The van der Waals surface area contributed by atoms with Gasteiger partial charge in [0, 0.05) is 72.7 Å². The number of halogens is 1. The first-order valence-corrected chi connectivity index (χ1v) is 17.0. The lowest BCUT2D eigenvalue weighted by atomic mass is 9.68. The minimum absolute atomic E-state index is 0.0129. The van der Waals surface area contributed by atoms with Gasteiger partial charge >= 0.3 is 11.4 Å². The molecule has 14 heteroatoms. The van der Waals surface area contributed by atoms with Gasteiger partial charge in [0.25, 0.3) is 5.56 Å². The quantitative estimate of drug-likeness (QED) is 0.202. The van der Waals surface area contributed by atoms with Crippen LogP contribution in [0.5, 0.6) is 17.2 Å². The van der Waals surface area contributed by atoms with Crippen LogP contribution in [0.4, 0.5) is 0 Å². The van der Waals surface area contributed by atoms with Gasteiger partial charge in [-0.2, -0.15) is 0 Å². The molecule has 5 aromatic rings. The maximum absolute atomic E-state index is 14.2. The zero-order chi connectivity index (χ0) is 35.9. The second-order valence-electron chi connectivity index (χ2n) is 12.7. The van der Waals surface area contributed by atoms with E-state index in [0.717, 1.165) is 9.95 Å². The maximum atomic E-state index is 14.2. The van der Waals surface area contributed by atoms with Crippen molar-refractivity contribution in [2.45, 2.75) is 37.9 Å². The summed E-state index contributed by atoms with van der Waals surface area (Å²) >= 11 is 3.23. The van der Waals surface area contributed by atoms with Crippen LogP contribution >= 0.6 is 15.9 Å². The van der Waals surface area contributed by atoms with Crippen LogP contribution in [-0.2, 0) is 36.1 Å². The zero-order valence-corrected chi connectivity index (χ0v) is 29.3. The smallest absolute Gasteiger partial charge is 0.347 e. The van der Waals surface area contributed by atoms with Crippen LogP contribution in [0, 0.1) is 0 Å². The predicted molar refractivity (Wildman–Crippen MR) is 191 cm³/mol. The molecule has 8 rings (SSSR count). The molecule has 0 fully saturated rings. The average Bonchev–Trinajstić information content (AvgIpc) is 3.38. The molecular weight excluding hydrogens is 722 g/mol. The van der Waals surface area contributed by atoms with Gasteiger partial charge in [0.05, 0.1) is 42.3 Å². The fourth-order valence-corrected chi connectivity index (χ4v) is 8.12. The largest absolute Gasteiger partial charge is 0.507 e. The van der Waals surface area contributed by atoms with E-state index in [9.17, 15) is 29.1 Å². The number of Topliss-reactive ketones (excluding diaryl/α,β-unsaturated/α-hetero) is 1. The summed E-state index contributed by atoms with van der Waals surface area (Å²) in [6, 6.07) is 13.4. The molecule has 258 valence electrons. The number of hydrogen-bond acceptors (Lipinski definition) is 9. The molecular formula is C37H30BrN5O8. The molecule has 1 aliphatic heterocycles. The Labute approximate surface area is 297 Å². The Morgan fingerprint density at radius 3 is 2.49 bits per heavy atom. The molecule has 2 atom stereocenters. The van der Waals surface area contributed by atoms with E-state index in [1.807, 2.05) is 18.2 Å². The van der Waals surface area contributed by atoms with Crippen LogP contribution in [0.25, 0.3) is 21.8 Å². The van der Waals surface area contributed by atoms with Crippen molar-refractivity contribution >= 4 is 49.3 Å². The fraction of sp³-hybridized carbons (Fsp3) is 0.243. The van der Waals surface area contributed by atoms with Crippen molar-refractivity contribution in [2.24, 2.45) is 7.05 Å². The first-order chi connectivity index (χ1) is 24.5. The number of fused-ring (bicyclic) bond motifs is 5. The van der Waals surface area contributed by atoms with Gasteiger partial charge in [-0.05, 0) is 26.9 Å². The Hall–Kier alpha value is -5.76. The average molecular weight is 753 g/mol. The number of methoxy groups -OCH3 is 2. The SMILES string of the molecule is COc1cc2nc(CCn3c(=O)n4n(c3=O)C3CC5=C(C(=O)C=C(Br)C5=O)C(c5ccc6ccccc6c5O)C3=CC4)c(=O)n(C)c2cc1OC. The van der Waals surface area contributed by atoms with E-state index in [1.54, 1.807) is 43.5 Å². The molecule has 2 aliphatic carbocycles. The number of ether oxygens (including phenoxy) is 2. The molecule has 0 radical (unpaired) electrons. The highest BCUT2D eigenvalue weighted by atomic mass is 79.9. The summed E-state index contributed by atoms with van der Waals surface area (Å²) in [6.07, 6.45) is 3.01. The van der Waals surface area contributed by atoms with E-state index in [-0.39, 0.29) is 64.3 Å². The molecule has 2 unspecified atom stereocenters. The molecule has 13 nitrogen and oxygen atoms in total. The molecule has 0 amide bonds. The molecule has 3 aliphatic rings. The topological polar surface area (TPSA) is 157 Å². The Morgan fingerprint density at radius 2 is 1.73 bits per heavy atom. The number of hydrogen-bond donors (Lipinski definition) is 1. The summed E-state index contributed by atoms with van der Waals surface area (Å²) in [5, 5.41) is 13.0. The van der Waals surface area contributed by atoms with Crippen molar-refractivity contribution in [1.29, 1.82) is 0 Å². The first kappa shape index (κ1) is 32.4. The Morgan fingerprint density at radius 1 is 0.980 bits per heavy atom. The third-order valence-electron chi connectivity index (χ3n) is 10.1. The van der Waals surface area contributed by atoms with Gasteiger partial charge in [0.1, 0.15) is 11.4 Å². The van der Waals surface area contributed by atoms with Gasteiger partial charge in [-0.1, -0.05) is 42.5 Å². The number of phenolic OH excluding ortho intramolecular Hbond substituents is 1. The first-order valence-electron chi connectivity index (χ1n) is 16.2. The number of allylic oxidation sites excluding steroid dienone is 6. The minimum atomic E-state index is -0.851. The molecule has 1 N–H and O–H groups in total. The van der Waals surface area contributed by atoms with Crippen LogP contribution in [0.2, 0.25) is 0 Å². The number of phenols is 1. The number of rotatable bonds is 6. The van der Waals surface area contributed by atoms with E-state index >= 15 is 0 Å². The van der Waals surface area contributed by atoms with Gasteiger partial charge in [0.15, 0.2) is 23.1 Å². The van der Waals surface area contributed by atoms with Crippen molar-refractivity contribution in [2.75, 3.05) is 14.2 Å². The van der Waals surface area contributed by atoms with Crippen molar-refractivity contribution in [1.82, 2.24) is 23.5 Å². The minimum Gasteiger partial charge on any atom is -0.507 e. The Bertz CT molecular complexity index is 2670. The maximum Gasteiger partial charge on any atom is 0.347 e. The summed E-state index contributed by atoms with van der Waals surface area (Å²) in [7, 11) is 4.60. The highest BCUT2D eigenvalue weighted by Gasteiger charge is 2.45. The highest BCUT2D eigenvalue weighted by molar-refractivity contribution is 9.12. The van der Waals surface area contributed by atoms with Crippen molar-refractivity contribution in [3.8, 4) is 17.2 Å². The summed E-state index contributed by atoms with van der Waals surface area (Å²) in [4.78, 5) is 73.1. The summed E-state index contributed by atoms with van der Waals surface area (Å²) in [5.74, 6) is -0.783. The molecule has 51 heavy (non-hydrogen) atoms. The third kappa shape index (κ3) is 4.80. The van der Waals surface area contributed by atoms with Gasteiger partial charge in [0.2, 0.25) is 0 Å². The summed E-state index contributed by atoms with van der Waals surface area (Å²) < 4.78 is 16.0. The third-order valence-corrected chi connectivity index (χ3v) is 10.7. The molecule has 3 heterocycles. The van der Waals surface area contributed by atoms with Crippen LogP contribution in [0.3, 0.4) is 0 Å². The van der Waals surface area contributed by atoms with Crippen LogP contribution < -0.4 is 26.4 Å². The standard InChI is InChI=1S/C37H30BrN5O8/c1-40-27-17-30(51-3)29(50-2)16-25(27)39-24(35(40)47)11-12-41-36(48)42-13-10-20-26(43(42)37(41)49)14-22-32(28(44)15-23(38)34(22)46)31(20)21-9-8-18-6-4-5-7-19(18)33(21)45/h4-10,15-17,26,31,45H,11-14H2,1-3H3. The molecule has 3 aromatic carbocycles. The number of carbonyl (C=O) groups excluding carboxylic acids is 2. The van der Waals surface area contributed by atoms with E-state index in [0.29, 0.717) is 39.1 Å². The number of ketones is 2. The van der Waals surface area contributed by atoms with Crippen LogP contribution in [-0.4, -0.2) is 54.4 Å². The van der Waals surface area contributed by atoms with Gasteiger partial charge < -0.3 is 19.1 Å². The Kier molecular flexibility index (Phi) is 7.59. The number of nitrogens with zero attached hydrogens (tertiary/aromatic N) is 5. The van der Waals surface area contributed by atoms with E-state index in [2.05, 4.69) is 20.9 Å². The fourth-order valence-electron chi connectivity index (χ4n) is 7.67. The van der Waals surface area contributed by atoms with Gasteiger partial charge in [-0.15, -0.1) is 0 Å². The van der Waals surface area contributed by atoms with E-state index < -0.39 is 29.1 Å². The van der Waals surface area contributed by atoms with Crippen molar-refractivity contribution < 1.29 is 24.2 Å². The number of aryl methyl sites for hydroxylation is 2. The van der Waals surface area contributed by atoms with Gasteiger partial charge in [-0.25, -0.2) is 28.5 Å². The van der Waals surface area contributed by atoms with Crippen molar-refractivity contribution in [3.05, 3.63) is 124 Å². The van der Waals surface area contributed by atoms with Crippen LogP contribution in [0.15, 0.2) is 96.3 Å². The van der Waals surface area contributed by atoms with Crippen LogP contribution in [0.1, 0.15) is 29.6 Å². The monoisotopic (exact) mass is 751 g/mol. The van der Waals surface area contributed by atoms with E-state index in [4.69, 9.17) is 9.47 Å². The number of carbonyl (C=O) groups is 2. The zero-order valence-electron chi connectivity index (χ0n) is 27.7. The lowest BCUT2D eigenvalue weighted by Crippen LogP contribution is -2.40. The summed E-state index contributed by atoms with van der Waals surface area (Å²) in [5.41, 5.74) is 1.04. The molecule has 0 bridgehead atoms. The Balaban J connectivity index is 1.21. The normalized spacial score (nSPS) is 18.4. The second-order valence-corrected chi connectivity index (χ2v) is 13.5. The molecule has 0 saturated carbocycles. The molecule has 0 saturated heterocycles.